The van der Waals surface area contributed by atoms with Gasteiger partial charge in [0.05, 0.1) is 11.5 Å². The molecule has 3 nitrogen and oxygen atoms in total. The third-order valence-corrected chi connectivity index (χ3v) is 4.83. The molecule has 1 fully saturated rings. The molecule has 1 aliphatic rings. The van der Waals surface area contributed by atoms with E-state index in [1.54, 1.807) is 13.0 Å². The average molecular weight is 257 g/mol. The summed E-state index contributed by atoms with van der Waals surface area (Å²) in [6.45, 7) is 2.23. The minimum Gasteiger partial charge on any atom is -0.309 e. The van der Waals surface area contributed by atoms with Gasteiger partial charge in [0.1, 0.15) is 5.82 Å². The normalized spacial score (nSPS) is 22.8. The van der Waals surface area contributed by atoms with E-state index in [0.717, 1.165) is 5.56 Å². The Morgan fingerprint density at radius 1 is 1.47 bits per heavy atom. The molecule has 94 valence electrons. The molecule has 1 aromatic carbocycles. The van der Waals surface area contributed by atoms with Crippen molar-refractivity contribution in [3.05, 3.63) is 35.1 Å². The lowest BCUT2D eigenvalue weighted by atomic mass is 10.1. The highest BCUT2D eigenvalue weighted by Crippen LogP contribution is 2.13. The van der Waals surface area contributed by atoms with Crippen LogP contribution in [0.5, 0.6) is 0 Å². The van der Waals surface area contributed by atoms with Crippen LogP contribution in [-0.2, 0) is 16.4 Å². The first-order valence-electron chi connectivity index (χ1n) is 5.65. The monoisotopic (exact) mass is 257 g/mol. The first kappa shape index (κ1) is 12.5. The van der Waals surface area contributed by atoms with E-state index in [-0.39, 0.29) is 23.4 Å². The third-order valence-electron chi connectivity index (χ3n) is 3.06. The van der Waals surface area contributed by atoms with Gasteiger partial charge < -0.3 is 5.32 Å². The van der Waals surface area contributed by atoms with Gasteiger partial charge in [-0.25, -0.2) is 12.8 Å². The number of nitrogens with one attached hydrogen (secondary N) is 1. The Morgan fingerprint density at radius 3 is 2.82 bits per heavy atom. The fourth-order valence-electron chi connectivity index (χ4n) is 1.96. The summed E-state index contributed by atoms with van der Waals surface area (Å²) in [5.41, 5.74) is 1.47. The highest BCUT2D eigenvalue weighted by molar-refractivity contribution is 7.91. The Balaban J connectivity index is 1.92. The van der Waals surface area contributed by atoms with Gasteiger partial charge in [0.25, 0.3) is 0 Å². The molecule has 0 aromatic heterocycles. The number of benzene rings is 1. The Bertz CT molecular complexity index is 513. The number of halogens is 1. The van der Waals surface area contributed by atoms with Crippen molar-refractivity contribution in [2.45, 2.75) is 25.9 Å². The fraction of sp³-hybridized carbons (Fsp3) is 0.500. The molecule has 1 aromatic rings. The minimum atomic E-state index is -2.85. The van der Waals surface area contributed by atoms with Crippen LogP contribution in [0.4, 0.5) is 4.39 Å². The molecule has 0 aliphatic carbocycles. The number of hydrogen-bond donors (Lipinski definition) is 1. The van der Waals surface area contributed by atoms with Crippen molar-refractivity contribution in [1.82, 2.24) is 5.32 Å². The minimum absolute atomic E-state index is 0.00404. The molecule has 2 rings (SSSR count). The summed E-state index contributed by atoms with van der Waals surface area (Å²) in [4.78, 5) is 0. The van der Waals surface area contributed by atoms with E-state index in [1.165, 1.54) is 6.07 Å². The van der Waals surface area contributed by atoms with Crippen molar-refractivity contribution in [1.29, 1.82) is 0 Å². The number of hydrogen-bond acceptors (Lipinski definition) is 3. The van der Waals surface area contributed by atoms with E-state index in [0.29, 0.717) is 18.5 Å². The smallest absolute Gasteiger partial charge is 0.151 e. The van der Waals surface area contributed by atoms with Gasteiger partial charge in [0.2, 0.25) is 0 Å². The molecule has 1 atom stereocenters. The van der Waals surface area contributed by atoms with Crippen LogP contribution in [0, 0.1) is 12.7 Å². The zero-order valence-electron chi connectivity index (χ0n) is 9.74. The maximum Gasteiger partial charge on any atom is 0.151 e. The number of rotatable bonds is 3. The lowest BCUT2D eigenvalue weighted by Gasteiger charge is -2.10. The summed E-state index contributed by atoms with van der Waals surface area (Å²) in [6.07, 6.45) is 0.649. The van der Waals surface area contributed by atoms with Gasteiger partial charge in [-0.2, -0.15) is 0 Å². The topological polar surface area (TPSA) is 46.2 Å². The van der Waals surface area contributed by atoms with Crippen LogP contribution in [0.25, 0.3) is 0 Å². The van der Waals surface area contributed by atoms with Gasteiger partial charge in [-0.3, -0.25) is 0 Å². The lowest BCUT2D eigenvalue weighted by molar-refractivity contribution is 0.550. The fourth-order valence-corrected chi connectivity index (χ4v) is 3.67. The van der Waals surface area contributed by atoms with E-state index >= 15 is 0 Å². The third kappa shape index (κ3) is 3.26. The molecule has 1 heterocycles. The van der Waals surface area contributed by atoms with Crippen LogP contribution in [0.2, 0.25) is 0 Å². The van der Waals surface area contributed by atoms with Crippen LogP contribution in [0.1, 0.15) is 17.5 Å². The number of sulfone groups is 1. The molecule has 17 heavy (non-hydrogen) atoms. The molecular weight excluding hydrogens is 241 g/mol. The van der Waals surface area contributed by atoms with Gasteiger partial charge in [-0.15, -0.1) is 0 Å². The summed E-state index contributed by atoms with van der Waals surface area (Å²) in [5.74, 6) is 0.234. The molecule has 0 amide bonds. The van der Waals surface area contributed by atoms with Gasteiger partial charge in [-0.1, -0.05) is 12.1 Å². The van der Waals surface area contributed by atoms with E-state index in [4.69, 9.17) is 0 Å². The molecule has 5 heteroatoms. The molecule has 0 bridgehead atoms. The van der Waals surface area contributed by atoms with Crippen molar-refractivity contribution < 1.29 is 12.8 Å². The first-order chi connectivity index (χ1) is 7.96. The molecule has 1 N–H and O–H groups in total. The Hall–Kier alpha value is -0.940. The van der Waals surface area contributed by atoms with Crippen LogP contribution in [-0.4, -0.2) is 26.0 Å². The molecular formula is C12H16FNO2S. The Labute approximate surface area is 101 Å². The highest BCUT2D eigenvalue weighted by atomic mass is 32.2. The molecule has 1 saturated heterocycles. The largest absolute Gasteiger partial charge is 0.309 e. The van der Waals surface area contributed by atoms with E-state index in [2.05, 4.69) is 5.32 Å². The zero-order chi connectivity index (χ0) is 12.5. The quantitative estimate of drug-likeness (QED) is 0.890. The summed E-state index contributed by atoms with van der Waals surface area (Å²) in [5, 5.41) is 3.15. The molecule has 0 spiro atoms. The van der Waals surface area contributed by atoms with Crippen LogP contribution in [0.15, 0.2) is 18.2 Å². The zero-order valence-corrected chi connectivity index (χ0v) is 10.6. The van der Waals surface area contributed by atoms with Crippen LogP contribution >= 0.6 is 0 Å². The molecule has 1 unspecified atom stereocenters. The van der Waals surface area contributed by atoms with Crippen LogP contribution < -0.4 is 5.32 Å². The van der Waals surface area contributed by atoms with Crippen molar-refractivity contribution in [2.75, 3.05) is 11.5 Å². The standard InChI is InChI=1S/C12H16FNO2S/c1-9-2-3-10(6-12(9)13)7-14-11-4-5-17(15,16)8-11/h2-3,6,11,14H,4-5,7-8H2,1H3. The van der Waals surface area contributed by atoms with E-state index in [1.807, 2.05) is 6.07 Å². The van der Waals surface area contributed by atoms with E-state index < -0.39 is 9.84 Å². The second-order valence-corrected chi connectivity index (χ2v) is 6.79. The Kier molecular flexibility index (Phi) is 3.49. The van der Waals surface area contributed by atoms with Crippen molar-refractivity contribution in [2.24, 2.45) is 0 Å². The van der Waals surface area contributed by atoms with Gasteiger partial charge >= 0.3 is 0 Å². The van der Waals surface area contributed by atoms with Crippen molar-refractivity contribution >= 4 is 9.84 Å². The summed E-state index contributed by atoms with van der Waals surface area (Å²) < 4.78 is 35.8. The van der Waals surface area contributed by atoms with Crippen molar-refractivity contribution in [3.63, 3.8) is 0 Å². The number of aryl methyl sites for hydroxylation is 1. The van der Waals surface area contributed by atoms with Gasteiger partial charge in [0, 0.05) is 12.6 Å². The lowest BCUT2D eigenvalue weighted by Crippen LogP contribution is -2.29. The van der Waals surface area contributed by atoms with Gasteiger partial charge in [0.15, 0.2) is 9.84 Å². The van der Waals surface area contributed by atoms with Gasteiger partial charge in [-0.05, 0) is 30.5 Å². The van der Waals surface area contributed by atoms with Crippen molar-refractivity contribution in [3.8, 4) is 0 Å². The maximum absolute atomic E-state index is 13.3. The summed E-state index contributed by atoms with van der Waals surface area (Å²) in [7, 11) is -2.85. The highest BCUT2D eigenvalue weighted by Gasteiger charge is 2.27. The predicted octanol–water partition coefficient (Wildman–Crippen LogP) is 1.41. The molecule has 1 aliphatic heterocycles. The predicted molar refractivity (Wildman–Crippen MR) is 65.0 cm³/mol. The first-order valence-corrected chi connectivity index (χ1v) is 7.47. The SMILES string of the molecule is Cc1ccc(CNC2CCS(=O)(=O)C2)cc1F. The average Bonchev–Trinajstić information content (AvgIpc) is 2.60. The molecule has 0 saturated carbocycles. The maximum atomic E-state index is 13.3. The van der Waals surface area contributed by atoms with Crippen LogP contribution in [0.3, 0.4) is 0 Å². The second-order valence-electron chi connectivity index (χ2n) is 4.56. The van der Waals surface area contributed by atoms with E-state index in [9.17, 15) is 12.8 Å². The Morgan fingerprint density at radius 2 is 2.24 bits per heavy atom. The summed E-state index contributed by atoms with van der Waals surface area (Å²) in [6, 6.07) is 5.09. The summed E-state index contributed by atoms with van der Waals surface area (Å²) >= 11 is 0. The second kappa shape index (κ2) is 4.74. The molecule has 0 radical (unpaired) electrons.